The maximum absolute atomic E-state index is 11.3. The van der Waals surface area contributed by atoms with Crippen molar-refractivity contribution in [1.82, 2.24) is 15.0 Å². The minimum Gasteiger partial charge on any atom is -0.378 e. The molecule has 1 aromatic heterocycles. The van der Waals surface area contributed by atoms with Gasteiger partial charge in [-0.3, -0.25) is 4.21 Å². The largest absolute Gasteiger partial charge is 0.378 e. The van der Waals surface area contributed by atoms with Gasteiger partial charge in [-0.1, -0.05) is 0 Å². The van der Waals surface area contributed by atoms with E-state index in [4.69, 9.17) is 4.74 Å². The van der Waals surface area contributed by atoms with E-state index in [0.29, 0.717) is 36.8 Å². The van der Waals surface area contributed by atoms with Gasteiger partial charge in [-0.2, -0.15) is 15.0 Å². The summed E-state index contributed by atoms with van der Waals surface area (Å²) in [6.45, 7) is 4.84. The normalized spacial score (nSPS) is 18.1. The predicted molar refractivity (Wildman–Crippen MR) is 84.4 cm³/mol. The molecule has 0 bridgehead atoms. The summed E-state index contributed by atoms with van der Waals surface area (Å²) in [5, 5.41) is 6.11. The van der Waals surface area contributed by atoms with Crippen LogP contribution in [0.1, 0.15) is 6.92 Å². The van der Waals surface area contributed by atoms with E-state index < -0.39 is 10.8 Å². The highest BCUT2D eigenvalue weighted by molar-refractivity contribution is 7.84. The van der Waals surface area contributed by atoms with Gasteiger partial charge in [-0.05, 0) is 6.92 Å². The van der Waals surface area contributed by atoms with E-state index in [-0.39, 0.29) is 6.04 Å². The van der Waals surface area contributed by atoms with Crippen LogP contribution >= 0.6 is 0 Å². The van der Waals surface area contributed by atoms with Gasteiger partial charge in [0.05, 0.1) is 13.2 Å². The van der Waals surface area contributed by atoms with E-state index in [2.05, 4.69) is 30.5 Å². The molecule has 2 heterocycles. The topological polar surface area (TPSA) is 92.3 Å². The van der Waals surface area contributed by atoms with Gasteiger partial charge in [0.1, 0.15) is 0 Å². The van der Waals surface area contributed by atoms with Crippen LogP contribution in [-0.2, 0) is 15.5 Å². The molecule has 8 nitrogen and oxygen atoms in total. The molecular weight excluding hydrogens is 292 g/mol. The number of aromatic nitrogens is 3. The van der Waals surface area contributed by atoms with Gasteiger partial charge in [0.15, 0.2) is 0 Å². The number of rotatable bonds is 6. The maximum Gasteiger partial charge on any atom is 0.232 e. The third-order valence-electron chi connectivity index (χ3n) is 3.00. The molecule has 0 spiro atoms. The van der Waals surface area contributed by atoms with Gasteiger partial charge in [0.2, 0.25) is 17.8 Å². The Bertz CT molecular complexity index is 495. The molecule has 0 aromatic carbocycles. The fourth-order valence-electron chi connectivity index (χ4n) is 2.06. The molecule has 1 saturated heterocycles. The summed E-state index contributed by atoms with van der Waals surface area (Å²) in [5.74, 6) is 2.19. The quantitative estimate of drug-likeness (QED) is 0.754. The monoisotopic (exact) mass is 314 g/mol. The summed E-state index contributed by atoms with van der Waals surface area (Å²) in [7, 11) is 0.908. The molecule has 9 heteroatoms. The lowest BCUT2D eigenvalue weighted by atomic mass is 10.4. The smallest absolute Gasteiger partial charge is 0.232 e. The SMILES string of the molecule is CNc1nc(NC(C)CS(C)=O)nc(N2CCOCC2)n1. The van der Waals surface area contributed by atoms with E-state index in [0.717, 1.165) is 13.1 Å². The van der Waals surface area contributed by atoms with Crippen molar-refractivity contribution in [2.45, 2.75) is 13.0 Å². The maximum atomic E-state index is 11.3. The van der Waals surface area contributed by atoms with Crippen LogP contribution in [0.3, 0.4) is 0 Å². The van der Waals surface area contributed by atoms with Gasteiger partial charge in [-0.15, -0.1) is 0 Å². The first-order chi connectivity index (χ1) is 10.1. The Hall–Kier alpha value is -1.48. The molecule has 1 aliphatic heterocycles. The van der Waals surface area contributed by atoms with Crippen LogP contribution in [0.15, 0.2) is 0 Å². The molecule has 1 aliphatic rings. The molecule has 1 fully saturated rings. The van der Waals surface area contributed by atoms with Crippen molar-refractivity contribution in [2.24, 2.45) is 0 Å². The fourth-order valence-corrected chi connectivity index (χ4v) is 2.85. The number of morpholine rings is 1. The first-order valence-electron chi connectivity index (χ1n) is 6.91. The Labute approximate surface area is 127 Å². The second-order valence-corrected chi connectivity index (χ2v) is 6.40. The number of anilines is 3. The highest BCUT2D eigenvalue weighted by Gasteiger charge is 2.17. The van der Waals surface area contributed by atoms with Crippen LogP contribution in [0, 0.1) is 0 Å². The molecule has 2 N–H and O–H groups in total. The highest BCUT2D eigenvalue weighted by Crippen LogP contribution is 2.15. The van der Waals surface area contributed by atoms with Crippen LogP contribution in [0.2, 0.25) is 0 Å². The lowest BCUT2D eigenvalue weighted by Crippen LogP contribution is -2.37. The molecule has 0 saturated carbocycles. The first kappa shape index (κ1) is 15.9. The highest BCUT2D eigenvalue weighted by atomic mass is 32.2. The summed E-state index contributed by atoms with van der Waals surface area (Å²) in [4.78, 5) is 15.2. The Morgan fingerprint density at radius 3 is 2.57 bits per heavy atom. The van der Waals surface area contributed by atoms with Gasteiger partial charge >= 0.3 is 0 Å². The number of hydrogen-bond acceptors (Lipinski definition) is 8. The van der Waals surface area contributed by atoms with Crippen molar-refractivity contribution in [2.75, 3.05) is 60.9 Å². The van der Waals surface area contributed by atoms with Crippen molar-refractivity contribution < 1.29 is 8.95 Å². The minimum atomic E-state index is -0.862. The molecular formula is C12H22N6O2S. The Morgan fingerprint density at radius 2 is 1.95 bits per heavy atom. The average Bonchev–Trinajstić information content (AvgIpc) is 2.46. The molecule has 2 unspecified atom stereocenters. The first-order valence-corrected chi connectivity index (χ1v) is 8.64. The summed E-state index contributed by atoms with van der Waals surface area (Å²) in [6, 6.07) is 0.0282. The third kappa shape index (κ3) is 4.78. The van der Waals surface area contributed by atoms with Crippen molar-refractivity contribution >= 4 is 28.6 Å². The van der Waals surface area contributed by atoms with Crippen LogP contribution in [0.4, 0.5) is 17.8 Å². The van der Waals surface area contributed by atoms with Crippen LogP contribution in [-0.4, -0.2) is 70.6 Å². The van der Waals surface area contributed by atoms with Crippen molar-refractivity contribution in [1.29, 1.82) is 0 Å². The van der Waals surface area contributed by atoms with Crippen LogP contribution in [0.25, 0.3) is 0 Å². The molecule has 2 rings (SSSR count). The van der Waals surface area contributed by atoms with Crippen LogP contribution in [0.5, 0.6) is 0 Å². The molecule has 0 radical (unpaired) electrons. The standard InChI is InChI=1S/C12H22N6O2S/c1-9(8-21(3)19)14-11-15-10(13-2)16-12(17-11)18-4-6-20-7-5-18/h9H,4-8H2,1-3H3,(H2,13,14,15,16,17). The summed E-state index contributed by atoms with van der Waals surface area (Å²) in [6.07, 6.45) is 1.68. The summed E-state index contributed by atoms with van der Waals surface area (Å²) < 4.78 is 16.6. The van der Waals surface area contributed by atoms with Gasteiger partial charge in [0, 0.05) is 49.0 Å². The second kappa shape index (κ2) is 7.51. The van der Waals surface area contributed by atoms with Crippen LogP contribution < -0.4 is 15.5 Å². The molecule has 0 amide bonds. The van der Waals surface area contributed by atoms with Crippen molar-refractivity contribution in [3.05, 3.63) is 0 Å². The zero-order chi connectivity index (χ0) is 15.2. The zero-order valence-electron chi connectivity index (χ0n) is 12.6. The number of hydrogen-bond donors (Lipinski definition) is 2. The average molecular weight is 314 g/mol. The van der Waals surface area contributed by atoms with E-state index in [9.17, 15) is 4.21 Å². The summed E-state index contributed by atoms with van der Waals surface area (Å²) >= 11 is 0. The van der Waals surface area contributed by atoms with E-state index in [1.54, 1.807) is 13.3 Å². The Morgan fingerprint density at radius 1 is 1.29 bits per heavy atom. The summed E-state index contributed by atoms with van der Waals surface area (Å²) in [5.41, 5.74) is 0. The molecule has 1 aromatic rings. The van der Waals surface area contributed by atoms with E-state index >= 15 is 0 Å². The predicted octanol–water partition coefficient (Wildman–Crippen LogP) is -0.0712. The number of nitrogens with zero attached hydrogens (tertiary/aromatic N) is 4. The Kier molecular flexibility index (Phi) is 5.68. The second-order valence-electron chi connectivity index (χ2n) is 4.92. The molecule has 21 heavy (non-hydrogen) atoms. The van der Waals surface area contributed by atoms with Gasteiger partial charge in [-0.25, -0.2) is 0 Å². The lowest BCUT2D eigenvalue weighted by molar-refractivity contribution is 0.122. The number of ether oxygens (including phenoxy) is 1. The van der Waals surface area contributed by atoms with Crippen molar-refractivity contribution in [3.63, 3.8) is 0 Å². The lowest BCUT2D eigenvalue weighted by Gasteiger charge is -2.27. The van der Waals surface area contributed by atoms with E-state index in [1.165, 1.54) is 0 Å². The molecule has 0 aliphatic carbocycles. The van der Waals surface area contributed by atoms with Crippen molar-refractivity contribution in [3.8, 4) is 0 Å². The Balaban J connectivity index is 2.14. The molecule has 2 atom stereocenters. The van der Waals surface area contributed by atoms with Gasteiger partial charge < -0.3 is 20.3 Å². The van der Waals surface area contributed by atoms with E-state index in [1.807, 2.05) is 6.92 Å². The van der Waals surface area contributed by atoms with Gasteiger partial charge in [0.25, 0.3) is 0 Å². The minimum absolute atomic E-state index is 0.0282. The zero-order valence-corrected chi connectivity index (χ0v) is 13.4. The molecule has 118 valence electrons. The fraction of sp³-hybridized carbons (Fsp3) is 0.750. The number of nitrogens with one attached hydrogen (secondary N) is 2. The third-order valence-corrected chi connectivity index (χ3v) is 3.97.